The number of piperidine rings is 1. The van der Waals surface area contributed by atoms with Crippen molar-refractivity contribution >= 4 is 6.09 Å². The zero-order chi connectivity index (χ0) is 19.1. The summed E-state index contributed by atoms with van der Waals surface area (Å²) < 4.78 is 10.7. The largest absolute Gasteiger partial charge is 0.497 e. The Morgan fingerprint density at radius 2 is 1.85 bits per heavy atom. The highest BCUT2D eigenvalue weighted by atomic mass is 16.6. The Morgan fingerprint density at radius 3 is 2.56 bits per heavy atom. The molecule has 2 aromatic carbocycles. The summed E-state index contributed by atoms with van der Waals surface area (Å²) in [6.45, 7) is 4.74. The first kappa shape index (κ1) is 19.2. The molecule has 27 heavy (non-hydrogen) atoms. The summed E-state index contributed by atoms with van der Waals surface area (Å²) in [6.07, 6.45) is 0.739. The number of benzene rings is 2. The highest BCUT2D eigenvalue weighted by molar-refractivity contribution is 5.67. The van der Waals surface area contributed by atoms with Gasteiger partial charge in [0.15, 0.2) is 0 Å². The number of nitrogens with zero attached hydrogens (tertiary/aromatic N) is 1. The summed E-state index contributed by atoms with van der Waals surface area (Å²) in [5.41, 5.74) is 2.21. The van der Waals surface area contributed by atoms with Gasteiger partial charge in [0.05, 0.1) is 7.11 Å². The Labute approximate surface area is 161 Å². The van der Waals surface area contributed by atoms with Gasteiger partial charge >= 0.3 is 6.09 Å². The van der Waals surface area contributed by atoms with Crippen molar-refractivity contribution in [2.75, 3.05) is 20.2 Å². The van der Waals surface area contributed by atoms with Gasteiger partial charge in [-0.05, 0) is 35.6 Å². The molecular formula is C22H28N2O3. The van der Waals surface area contributed by atoms with Crippen LogP contribution in [0.5, 0.6) is 5.75 Å². The first-order valence-electron chi connectivity index (χ1n) is 9.47. The second kappa shape index (κ2) is 9.42. The number of hydrogen-bond donors (Lipinski definition) is 1. The Kier molecular flexibility index (Phi) is 6.71. The lowest BCUT2D eigenvalue weighted by Crippen LogP contribution is -2.51. The Balaban J connectivity index is 1.49. The molecule has 0 saturated carbocycles. The van der Waals surface area contributed by atoms with Gasteiger partial charge in [0.1, 0.15) is 12.4 Å². The predicted octanol–water partition coefficient (Wildman–Crippen LogP) is 3.83. The number of methoxy groups -OCH3 is 1. The molecule has 1 aliphatic heterocycles. The molecule has 0 spiro atoms. The van der Waals surface area contributed by atoms with Crippen molar-refractivity contribution in [1.29, 1.82) is 0 Å². The van der Waals surface area contributed by atoms with Crippen LogP contribution in [0.1, 0.15) is 24.5 Å². The highest BCUT2D eigenvalue weighted by Crippen LogP contribution is 2.19. The topological polar surface area (TPSA) is 50.8 Å². The van der Waals surface area contributed by atoms with Crippen LogP contribution in [0.15, 0.2) is 54.6 Å². The third-order valence-corrected chi connectivity index (χ3v) is 5.15. The third-order valence-electron chi connectivity index (χ3n) is 5.15. The minimum Gasteiger partial charge on any atom is -0.497 e. The lowest BCUT2D eigenvalue weighted by molar-refractivity contribution is 0.0739. The molecular weight excluding hydrogens is 340 g/mol. The molecule has 0 aliphatic carbocycles. The minimum absolute atomic E-state index is 0.234. The fraction of sp³-hybridized carbons (Fsp3) is 0.409. The van der Waals surface area contributed by atoms with E-state index >= 15 is 0 Å². The maximum absolute atomic E-state index is 12.4. The Morgan fingerprint density at radius 1 is 1.11 bits per heavy atom. The summed E-state index contributed by atoms with van der Waals surface area (Å²) in [5, 5.41) is 3.59. The molecule has 1 N–H and O–H groups in total. The number of hydrogen-bond acceptors (Lipinski definition) is 4. The minimum atomic E-state index is -0.234. The van der Waals surface area contributed by atoms with Crippen molar-refractivity contribution in [2.24, 2.45) is 5.92 Å². The van der Waals surface area contributed by atoms with Gasteiger partial charge in [0, 0.05) is 25.7 Å². The highest BCUT2D eigenvalue weighted by Gasteiger charge is 2.29. The van der Waals surface area contributed by atoms with Crippen LogP contribution in [-0.4, -0.2) is 37.2 Å². The van der Waals surface area contributed by atoms with Gasteiger partial charge in [0.2, 0.25) is 0 Å². The van der Waals surface area contributed by atoms with Crippen LogP contribution >= 0.6 is 0 Å². The summed E-state index contributed by atoms with van der Waals surface area (Å²) in [4.78, 5) is 14.2. The van der Waals surface area contributed by atoms with E-state index in [1.165, 1.54) is 5.56 Å². The van der Waals surface area contributed by atoms with Crippen molar-refractivity contribution in [3.8, 4) is 5.75 Å². The van der Waals surface area contributed by atoms with E-state index in [4.69, 9.17) is 9.47 Å². The molecule has 1 heterocycles. The van der Waals surface area contributed by atoms with Crippen LogP contribution in [0, 0.1) is 5.92 Å². The molecule has 1 fully saturated rings. The van der Waals surface area contributed by atoms with Crippen molar-refractivity contribution in [3.63, 3.8) is 0 Å². The fourth-order valence-electron chi connectivity index (χ4n) is 3.30. The number of ether oxygens (including phenoxy) is 2. The van der Waals surface area contributed by atoms with Crippen LogP contribution < -0.4 is 10.1 Å². The van der Waals surface area contributed by atoms with Crippen molar-refractivity contribution in [2.45, 2.75) is 32.5 Å². The Bertz CT molecular complexity index is 718. The molecule has 1 saturated heterocycles. The average Bonchev–Trinajstić information content (AvgIpc) is 2.72. The van der Waals surface area contributed by atoms with Crippen LogP contribution in [0.4, 0.5) is 4.79 Å². The number of carbonyl (C=O) groups is 1. The number of amides is 1. The molecule has 0 bridgehead atoms. The summed E-state index contributed by atoms with van der Waals surface area (Å²) in [5.74, 6) is 1.37. The third kappa shape index (κ3) is 5.47. The second-order valence-electron chi connectivity index (χ2n) is 7.09. The summed E-state index contributed by atoms with van der Waals surface area (Å²) in [7, 11) is 1.67. The SMILES string of the molecule is COc1ccc(CN[C@H]2CN(C(=O)OCc3ccccc3)CC[C@H]2C)cc1. The van der Waals surface area contributed by atoms with E-state index in [9.17, 15) is 4.79 Å². The standard InChI is InChI=1S/C22H28N2O3/c1-17-12-13-24(22(25)27-16-19-6-4-3-5-7-19)15-21(17)23-14-18-8-10-20(26-2)11-9-18/h3-11,17,21,23H,12-16H2,1-2H3/t17-,21+/m1/s1. The predicted molar refractivity (Wildman–Crippen MR) is 106 cm³/mol. The van der Waals surface area contributed by atoms with Crippen LogP contribution in [0.25, 0.3) is 0 Å². The fourth-order valence-corrected chi connectivity index (χ4v) is 3.30. The molecule has 5 nitrogen and oxygen atoms in total. The van der Waals surface area contributed by atoms with E-state index in [2.05, 4.69) is 24.4 Å². The number of nitrogens with one attached hydrogen (secondary N) is 1. The quantitative estimate of drug-likeness (QED) is 0.842. The zero-order valence-electron chi connectivity index (χ0n) is 16.1. The molecule has 1 aliphatic rings. The molecule has 3 rings (SSSR count). The first-order valence-corrected chi connectivity index (χ1v) is 9.47. The number of likely N-dealkylation sites (tertiary alicyclic amines) is 1. The van der Waals surface area contributed by atoms with E-state index < -0.39 is 0 Å². The van der Waals surface area contributed by atoms with Gasteiger partial charge < -0.3 is 19.7 Å². The molecule has 2 atom stereocenters. The van der Waals surface area contributed by atoms with Crippen molar-refractivity contribution < 1.29 is 14.3 Å². The smallest absolute Gasteiger partial charge is 0.410 e. The summed E-state index contributed by atoms with van der Waals surface area (Å²) >= 11 is 0. The van der Waals surface area contributed by atoms with Gasteiger partial charge in [-0.25, -0.2) is 4.79 Å². The van der Waals surface area contributed by atoms with Gasteiger partial charge in [-0.3, -0.25) is 0 Å². The van der Waals surface area contributed by atoms with Crippen molar-refractivity contribution in [3.05, 3.63) is 65.7 Å². The maximum Gasteiger partial charge on any atom is 0.410 e. The van der Waals surface area contributed by atoms with Gasteiger partial charge in [-0.1, -0.05) is 49.4 Å². The normalized spacial score (nSPS) is 19.6. The molecule has 0 radical (unpaired) electrons. The first-order chi connectivity index (χ1) is 13.2. The van der Waals surface area contributed by atoms with E-state index in [0.29, 0.717) is 19.1 Å². The van der Waals surface area contributed by atoms with Crippen LogP contribution in [-0.2, 0) is 17.9 Å². The zero-order valence-corrected chi connectivity index (χ0v) is 16.1. The van der Waals surface area contributed by atoms with Crippen LogP contribution in [0.3, 0.4) is 0 Å². The van der Waals surface area contributed by atoms with Gasteiger partial charge in [0.25, 0.3) is 0 Å². The maximum atomic E-state index is 12.4. The van der Waals surface area contributed by atoms with Gasteiger partial charge in [-0.15, -0.1) is 0 Å². The molecule has 5 heteroatoms. The van der Waals surface area contributed by atoms with Crippen LogP contribution in [0.2, 0.25) is 0 Å². The number of rotatable bonds is 6. The second-order valence-corrected chi connectivity index (χ2v) is 7.09. The molecule has 0 aromatic heterocycles. The van der Waals surface area contributed by atoms with E-state index in [1.54, 1.807) is 7.11 Å². The molecule has 1 amide bonds. The van der Waals surface area contributed by atoms with Crippen molar-refractivity contribution in [1.82, 2.24) is 10.2 Å². The van der Waals surface area contributed by atoms with Gasteiger partial charge in [-0.2, -0.15) is 0 Å². The average molecular weight is 368 g/mol. The Hall–Kier alpha value is -2.53. The molecule has 0 unspecified atom stereocenters. The lowest BCUT2D eigenvalue weighted by atomic mass is 9.93. The number of carbonyl (C=O) groups excluding carboxylic acids is 1. The molecule has 144 valence electrons. The van der Waals surface area contributed by atoms with E-state index in [0.717, 1.165) is 30.8 Å². The van der Waals surface area contributed by atoms with E-state index in [-0.39, 0.29) is 12.1 Å². The lowest BCUT2D eigenvalue weighted by Gasteiger charge is -2.37. The monoisotopic (exact) mass is 368 g/mol. The molecule has 2 aromatic rings. The van der Waals surface area contributed by atoms with E-state index in [1.807, 2.05) is 47.4 Å². The summed E-state index contributed by atoms with van der Waals surface area (Å²) in [6, 6.07) is 18.1.